The highest BCUT2D eigenvalue weighted by atomic mass is 127. The van der Waals surface area contributed by atoms with E-state index >= 15 is 0 Å². The van der Waals surface area contributed by atoms with Crippen molar-refractivity contribution < 1.29 is 14.2 Å². The highest BCUT2D eigenvalue weighted by molar-refractivity contribution is 14.0. The van der Waals surface area contributed by atoms with Crippen LogP contribution in [0.15, 0.2) is 47.5 Å². The van der Waals surface area contributed by atoms with Crippen LogP contribution in [0.25, 0.3) is 0 Å². The monoisotopic (exact) mass is 485 g/mol. The molecule has 0 saturated heterocycles. The van der Waals surface area contributed by atoms with Crippen molar-refractivity contribution in [1.82, 2.24) is 5.32 Å². The molecule has 2 rings (SSSR count). The highest BCUT2D eigenvalue weighted by Gasteiger charge is 2.07. The number of halogens is 1. The molecule has 0 fully saturated rings. The van der Waals surface area contributed by atoms with Crippen molar-refractivity contribution >= 4 is 35.6 Å². The number of methoxy groups -OCH3 is 2. The lowest BCUT2D eigenvalue weighted by molar-refractivity contribution is 0.311. The van der Waals surface area contributed by atoms with Crippen molar-refractivity contribution in [3.05, 3.63) is 48.0 Å². The van der Waals surface area contributed by atoms with Crippen molar-refractivity contribution in [3.8, 4) is 17.2 Å². The average molecular weight is 485 g/mol. The van der Waals surface area contributed by atoms with E-state index < -0.39 is 0 Å². The summed E-state index contributed by atoms with van der Waals surface area (Å²) >= 11 is 0. The van der Waals surface area contributed by atoms with Gasteiger partial charge in [-0.25, -0.2) is 0 Å². The molecule has 2 aromatic rings. The van der Waals surface area contributed by atoms with E-state index in [0.717, 1.165) is 35.7 Å². The summed E-state index contributed by atoms with van der Waals surface area (Å²) in [7, 11) is 5.05. The Bertz CT molecular complexity index is 738. The second kappa shape index (κ2) is 12.3. The van der Waals surface area contributed by atoms with E-state index in [0.29, 0.717) is 18.3 Å². The number of nitrogens with one attached hydrogen (secondary N) is 2. The third-order valence-corrected chi connectivity index (χ3v) is 3.83. The number of ether oxygens (including phenoxy) is 3. The number of hydrogen-bond acceptors (Lipinski definition) is 4. The molecule has 6 nitrogen and oxygen atoms in total. The molecular formula is C20H28IN3O3. The number of nitrogens with zero attached hydrogens (tertiary/aromatic N) is 1. The molecule has 0 unspecified atom stereocenters. The molecule has 0 amide bonds. The van der Waals surface area contributed by atoms with Gasteiger partial charge in [0.1, 0.15) is 5.75 Å². The van der Waals surface area contributed by atoms with E-state index in [2.05, 4.69) is 21.7 Å². The molecule has 0 aliphatic rings. The highest BCUT2D eigenvalue weighted by Crippen LogP contribution is 2.30. The summed E-state index contributed by atoms with van der Waals surface area (Å²) in [6.45, 7) is 3.27. The lowest BCUT2D eigenvalue weighted by atomic mass is 10.1. The lowest BCUT2D eigenvalue weighted by Gasteiger charge is -2.15. The normalized spacial score (nSPS) is 10.6. The van der Waals surface area contributed by atoms with Crippen LogP contribution in [0.1, 0.15) is 12.5 Å². The standard InChI is InChI=1S/C20H27N3O3.HI/c1-5-26-18-11-10-16(14-19(18)25-4)23-20(21-2)22-13-12-15-8-6-7-9-17(15)24-3;/h6-11,14H,5,12-13H2,1-4H3,(H2,21,22,23);1H. The molecule has 2 aromatic carbocycles. The molecule has 0 aliphatic carbocycles. The van der Waals surface area contributed by atoms with Crippen molar-refractivity contribution in [3.63, 3.8) is 0 Å². The molecule has 0 aromatic heterocycles. The van der Waals surface area contributed by atoms with E-state index in [9.17, 15) is 0 Å². The van der Waals surface area contributed by atoms with E-state index in [-0.39, 0.29) is 24.0 Å². The van der Waals surface area contributed by atoms with Gasteiger partial charge in [-0.15, -0.1) is 24.0 Å². The van der Waals surface area contributed by atoms with E-state index in [1.807, 2.05) is 43.3 Å². The minimum atomic E-state index is 0. The molecule has 0 saturated carbocycles. The van der Waals surface area contributed by atoms with Gasteiger partial charge in [-0.05, 0) is 37.1 Å². The first-order valence-electron chi connectivity index (χ1n) is 8.62. The van der Waals surface area contributed by atoms with Crippen LogP contribution in [-0.4, -0.2) is 40.4 Å². The van der Waals surface area contributed by atoms with Crippen LogP contribution in [0.2, 0.25) is 0 Å². The zero-order chi connectivity index (χ0) is 18.8. The van der Waals surface area contributed by atoms with Crippen LogP contribution in [0.4, 0.5) is 5.69 Å². The molecule has 0 atom stereocenters. The first kappa shape index (κ1) is 22.9. The largest absolute Gasteiger partial charge is 0.496 e. The van der Waals surface area contributed by atoms with Gasteiger partial charge in [-0.3, -0.25) is 4.99 Å². The fraction of sp³-hybridized carbons (Fsp3) is 0.350. The number of hydrogen-bond donors (Lipinski definition) is 2. The van der Waals surface area contributed by atoms with Gasteiger partial charge in [0.25, 0.3) is 0 Å². The quantitative estimate of drug-likeness (QED) is 0.337. The van der Waals surface area contributed by atoms with Crippen LogP contribution >= 0.6 is 24.0 Å². The molecule has 0 aliphatic heterocycles. The predicted octanol–water partition coefficient (Wildman–Crippen LogP) is 3.95. The molecule has 148 valence electrons. The second-order valence-electron chi connectivity index (χ2n) is 5.48. The van der Waals surface area contributed by atoms with Gasteiger partial charge in [0.05, 0.1) is 20.8 Å². The molecule has 7 heteroatoms. The fourth-order valence-corrected chi connectivity index (χ4v) is 2.56. The van der Waals surface area contributed by atoms with Crippen LogP contribution in [0.3, 0.4) is 0 Å². The fourth-order valence-electron chi connectivity index (χ4n) is 2.56. The Morgan fingerprint density at radius 3 is 2.41 bits per heavy atom. The molecule has 0 spiro atoms. The minimum Gasteiger partial charge on any atom is -0.496 e. The zero-order valence-electron chi connectivity index (χ0n) is 16.2. The third-order valence-electron chi connectivity index (χ3n) is 3.83. The van der Waals surface area contributed by atoms with Crippen molar-refractivity contribution in [2.24, 2.45) is 4.99 Å². The Balaban J connectivity index is 0.00000364. The molecule has 0 heterocycles. The second-order valence-corrected chi connectivity index (χ2v) is 5.48. The summed E-state index contributed by atoms with van der Waals surface area (Å²) in [6.07, 6.45) is 0.831. The Morgan fingerprint density at radius 2 is 1.74 bits per heavy atom. The van der Waals surface area contributed by atoms with Crippen LogP contribution in [-0.2, 0) is 6.42 Å². The predicted molar refractivity (Wildman–Crippen MR) is 121 cm³/mol. The van der Waals surface area contributed by atoms with Crippen LogP contribution in [0.5, 0.6) is 17.2 Å². The van der Waals surface area contributed by atoms with Gasteiger partial charge >= 0.3 is 0 Å². The first-order valence-corrected chi connectivity index (χ1v) is 8.62. The number of anilines is 1. The van der Waals surface area contributed by atoms with E-state index in [4.69, 9.17) is 14.2 Å². The van der Waals surface area contributed by atoms with Gasteiger partial charge in [0, 0.05) is 25.3 Å². The van der Waals surface area contributed by atoms with Crippen molar-refractivity contribution in [2.75, 3.05) is 39.7 Å². The van der Waals surface area contributed by atoms with Crippen molar-refractivity contribution in [1.29, 1.82) is 0 Å². The smallest absolute Gasteiger partial charge is 0.195 e. The molecular weight excluding hydrogens is 457 g/mol. The maximum absolute atomic E-state index is 5.54. The Hall–Kier alpha value is -2.16. The summed E-state index contributed by atoms with van der Waals surface area (Å²) < 4.78 is 16.3. The molecule has 0 radical (unpaired) electrons. The maximum atomic E-state index is 5.54. The zero-order valence-corrected chi connectivity index (χ0v) is 18.6. The number of benzene rings is 2. The van der Waals surface area contributed by atoms with Crippen molar-refractivity contribution in [2.45, 2.75) is 13.3 Å². The number of para-hydroxylation sites is 1. The van der Waals surface area contributed by atoms with Crippen LogP contribution in [0, 0.1) is 0 Å². The average Bonchev–Trinajstić information content (AvgIpc) is 2.68. The molecule has 27 heavy (non-hydrogen) atoms. The van der Waals surface area contributed by atoms with E-state index in [1.54, 1.807) is 21.3 Å². The summed E-state index contributed by atoms with van der Waals surface area (Å²) in [6, 6.07) is 13.7. The van der Waals surface area contributed by atoms with Gasteiger partial charge in [0.2, 0.25) is 0 Å². The van der Waals surface area contributed by atoms with Gasteiger partial charge in [-0.2, -0.15) is 0 Å². The Labute approximate surface area is 178 Å². The lowest BCUT2D eigenvalue weighted by Crippen LogP contribution is -2.32. The van der Waals surface area contributed by atoms with Gasteiger partial charge < -0.3 is 24.8 Å². The summed E-state index contributed by atoms with van der Waals surface area (Å²) in [4.78, 5) is 4.26. The van der Waals surface area contributed by atoms with Gasteiger partial charge in [-0.1, -0.05) is 18.2 Å². The third kappa shape index (κ3) is 6.82. The maximum Gasteiger partial charge on any atom is 0.195 e. The SMILES string of the molecule is CCOc1ccc(NC(=NC)NCCc2ccccc2OC)cc1OC.I. The number of aliphatic imine (C=N–C) groups is 1. The van der Waals surface area contributed by atoms with Gasteiger partial charge in [0.15, 0.2) is 17.5 Å². The Morgan fingerprint density at radius 1 is 1.00 bits per heavy atom. The topological polar surface area (TPSA) is 64.1 Å². The molecule has 2 N–H and O–H groups in total. The Kier molecular flexibility index (Phi) is 10.4. The summed E-state index contributed by atoms with van der Waals surface area (Å²) in [5.41, 5.74) is 2.02. The van der Waals surface area contributed by atoms with Crippen LogP contribution < -0.4 is 24.8 Å². The number of guanidine groups is 1. The van der Waals surface area contributed by atoms with E-state index in [1.165, 1.54) is 0 Å². The minimum absolute atomic E-state index is 0. The number of rotatable bonds is 8. The summed E-state index contributed by atoms with van der Waals surface area (Å²) in [5, 5.41) is 6.57. The first-order chi connectivity index (χ1) is 12.7. The molecule has 0 bridgehead atoms. The summed E-state index contributed by atoms with van der Waals surface area (Å²) in [5.74, 6) is 2.99.